The van der Waals surface area contributed by atoms with Gasteiger partial charge in [0.1, 0.15) is 17.2 Å². The molecule has 0 saturated carbocycles. The van der Waals surface area contributed by atoms with Gasteiger partial charge in [0.25, 0.3) is 0 Å². The molecule has 2 aromatic carbocycles. The molecule has 0 fully saturated rings. The minimum absolute atomic E-state index is 0.0481. The zero-order valence-electron chi connectivity index (χ0n) is 19.3. The van der Waals surface area contributed by atoms with Gasteiger partial charge in [-0.3, -0.25) is 4.79 Å². The van der Waals surface area contributed by atoms with Crippen LogP contribution in [0.2, 0.25) is 0 Å². The number of allylic oxidation sites excluding steroid dienone is 3. The van der Waals surface area contributed by atoms with Gasteiger partial charge in [-0.1, -0.05) is 23.3 Å². The van der Waals surface area contributed by atoms with Crippen LogP contribution in [0.1, 0.15) is 62.5 Å². The number of fused-ring (bicyclic) bond motifs is 2. The van der Waals surface area contributed by atoms with E-state index >= 15 is 0 Å². The lowest BCUT2D eigenvalue weighted by atomic mass is 9.78. The minimum atomic E-state index is -0.647. The van der Waals surface area contributed by atoms with Crippen LogP contribution in [0.4, 0.5) is 0 Å². The first kappa shape index (κ1) is 22.9. The quantitative estimate of drug-likeness (QED) is 0.587. The molecule has 3 rings (SSSR count). The Kier molecular flexibility index (Phi) is 6.46. The van der Waals surface area contributed by atoms with E-state index in [0.29, 0.717) is 41.5 Å². The standard InChI is InChI=1S/C26H32O5/c1-15(2)7-8-19-21(30-6)12-17-11-18-13-26(5,31-10-9-16(3)4)14-20(27)22(18)25(29)23(17)24(19)28/h7,9,11-12,28-29H,8,10,13-14H2,1-6H3/t26-/m1/s1. The van der Waals surface area contributed by atoms with Crippen LogP contribution in [0.5, 0.6) is 17.2 Å². The number of rotatable bonds is 6. The second-order valence-corrected chi connectivity index (χ2v) is 9.07. The molecule has 2 N–H and O–H groups in total. The van der Waals surface area contributed by atoms with E-state index in [2.05, 4.69) is 0 Å². The molecule has 0 heterocycles. The molecular weight excluding hydrogens is 392 g/mol. The molecule has 0 radical (unpaired) electrons. The number of phenolic OH excluding ortho intramolecular Hbond substituents is 2. The van der Waals surface area contributed by atoms with Crippen LogP contribution in [0.15, 0.2) is 35.4 Å². The summed E-state index contributed by atoms with van der Waals surface area (Å²) >= 11 is 0. The number of Topliss-reactive ketones (excluding diaryl/α,β-unsaturated/α-hetero) is 1. The zero-order valence-corrected chi connectivity index (χ0v) is 19.3. The molecule has 31 heavy (non-hydrogen) atoms. The molecule has 0 bridgehead atoms. The topological polar surface area (TPSA) is 76.0 Å². The molecule has 1 aliphatic rings. The highest BCUT2D eigenvalue weighted by atomic mass is 16.5. The highest BCUT2D eigenvalue weighted by molar-refractivity contribution is 6.09. The maximum absolute atomic E-state index is 13.0. The average Bonchev–Trinajstić information content (AvgIpc) is 2.65. The number of carbonyl (C=O) groups is 1. The Morgan fingerprint density at radius 2 is 1.74 bits per heavy atom. The summed E-state index contributed by atoms with van der Waals surface area (Å²) in [4.78, 5) is 13.0. The number of aromatic hydroxyl groups is 2. The molecule has 0 amide bonds. The van der Waals surface area contributed by atoms with Crippen molar-refractivity contribution in [3.8, 4) is 17.2 Å². The lowest BCUT2D eigenvalue weighted by molar-refractivity contribution is -0.0208. The van der Waals surface area contributed by atoms with Gasteiger partial charge in [-0.15, -0.1) is 0 Å². The van der Waals surface area contributed by atoms with Gasteiger partial charge in [0, 0.05) is 18.4 Å². The number of benzene rings is 2. The Morgan fingerprint density at radius 3 is 2.35 bits per heavy atom. The van der Waals surface area contributed by atoms with Gasteiger partial charge < -0.3 is 19.7 Å². The van der Waals surface area contributed by atoms with Gasteiger partial charge >= 0.3 is 0 Å². The molecule has 0 unspecified atom stereocenters. The molecular formula is C26H32O5. The van der Waals surface area contributed by atoms with Crippen molar-refractivity contribution in [2.45, 2.75) is 59.5 Å². The summed E-state index contributed by atoms with van der Waals surface area (Å²) in [7, 11) is 1.56. The molecule has 0 aromatic heterocycles. The van der Waals surface area contributed by atoms with Gasteiger partial charge in [0.05, 0.1) is 30.3 Å². The van der Waals surface area contributed by atoms with Crippen molar-refractivity contribution in [3.05, 3.63) is 52.1 Å². The van der Waals surface area contributed by atoms with Crippen LogP contribution < -0.4 is 4.74 Å². The van der Waals surface area contributed by atoms with Gasteiger partial charge in [-0.25, -0.2) is 0 Å². The van der Waals surface area contributed by atoms with Crippen molar-refractivity contribution < 1.29 is 24.5 Å². The highest BCUT2D eigenvalue weighted by Gasteiger charge is 2.38. The first-order chi connectivity index (χ1) is 14.6. The number of hydrogen-bond acceptors (Lipinski definition) is 5. The van der Waals surface area contributed by atoms with Crippen molar-refractivity contribution in [2.24, 2.45) is 0 Å². The fraction of sp³-hybridized carbons (Fsp3) is 0.423. The Hall–Kier alpha value is -2.79. The van der Waals surface area contributed by atoms with Crippen LogP contribution >= 0.6 is 0 Å². The van der Waals surface area contributed by atoms with Gasteiger partial charge in [-0.2, -0.15) is 0 Å². The number of methoxy groups -OCH3 is 1. The van der Waals surface area contributed by atoms with E-state index in [1.165, 1.54) is 0 Å². The van der Waals surface area contributed by atoms with E-state index in [4.69, 9.17) is 9.47 Å². The Morgan fingerprint density at radius 1 is 1.06 bits per heavy atom. The highest BCUT2D eigenvalue weighted by Crippen LogP contribution is 2.46. The van der Waals surface area contributed by atoms with Crippen LogP contribution in [-0.4, -0.2) is 35.3 Å². The lowest BCUT2D eigenvalue weighted by Gasteiger charge is -2.34. The van der Waals surface area contributed by atoms with E-state index in [9.17, 15) is 15.0 Å². The van der Waals surface area contributed by atoms with E-state index < -0.39 is 5.60 Å². The van der Waals surface area contributed by atoms with E-state index in [-0.39, 0.29) is 29.3 Å². The van der Waals surface area contributed by atoms with Gasteiger partial charge in [-0.05, 0) is 64.1 Å². The Balaban J connectivity index is 2.12. The third-order valence-corrected chi connectivity index (χ3v) is 5.76. The van der Waals surface area contributed by atoms with Crippen LogP contribution in [-0.2, 0) is 17.6 Å². The lowest BCUT2D eigenvalue weighted by Crippen LogP contribution is -2.38. The summed E-state index contributed by atoms with van der Waals surface area (Å²) in [5.74, 6) is 0.156. The number of hydrogen-bond donors (Lipinski definition) is 2. The summed E-state index contributed by atoms with van der Waals surface area (Å²) in [5, 5.41) is 23.0. The second kappa shape index (κ2) is 8.75. The SMILES string of the molecule is COc1cc2cc3c(c(O)c2c(O)c1CC=C(C)C)C(=O)C[C@](C)(OCC=C(C)C)C3. The van der Waals surface area contributed by atoms with E-state index in [0.717, 1.165) is 16.7 Å². The first-order valence-corrected chi connectivity index (χ1v) is 10.6. The fourth-order valence-corrected chi connectivity index (χ4v) is 4.15. The molecule has 0 aliphatic heterocycles. The first-order valence-electron chi connectivity index (χ1n) is 10.6. The zero-order chi connectivity index (χ0) is 22.9. The summed E-state index contributed by atoms with van der Waals surface area (Å²) < 4.78 is 11.6. The Bertz CT molecular complexity index is 1090. The third kappa shape index (κ3) is 4.62. The van der Waals surface area contributed by atoms with Crippen LogP contribution in [0.3, 0.4) is 0 Å². The van der Waals surface area contributed by atoms with Crippen LogP contribution in [0.25, 0.3) is 10.8 Å². The molecule has 1 aliphatic carbocycles. The molecule has 166 valence electrons. The van der Waals surface area contributed by atoms with Crippen molar-refractivity contribution in [1.82, 2.24) is 0 Å². The molecule has 1 atom stereocenters. The van der Waals surface area contributed by atoms with Crippen molar-refractivity contribution in [3.63, 3.8) is 0 Å². The molecule has 5 heteroatoms. The van der Waals surface area contributed by atoms with Crippen molar-refractivity contribution in [1.29, 1.82) is 0 Å². The average molecular weight is 425 g/mol. The largest absolute Gasteiger partial charge is 0.507 e. The van der Waals surface area contributed by atoms with Crippen molar-refractivity contribution in [2.75, 3.05) is 13.7 Å². The monoisotopic (exact) mass is 424 g/mol. The summed E-state index contributed by atoms with van der Waals surface area (Å²) in [6.07, 6.45) is 5.11. The predicted octanol–water partition coefficient (Wildman–Crippen LogP) is 5.64. The number of ether oxygens (including phenoxy) is 2. The van der Waals surface area contributed by atoms with Gasteiger partial charge in [0.2, 0.25) is 0 Å². The fourth-order valence-electron chi connectivity index (χ4n) is 4.15. The van der Waals surface area contributed by atoms with E-state index in [1.807, 2.05) is 58.9 Å². The molecule has 5 nitrogen and oxygen atoms in total. The molecule has 2 aromatic rings. The second-order valence-electron chi connectivity index (χ2n) is 9.07. The summed E-state index contributed by atoms with van der Waals surface area (Å²) in [6, 6.07) is 3.67. The normalized spacial score (nSPS) is 17.9. The summed E-state index contributed by atoms with van der Waals surface area (Å²) in [6.45, 7) is 10.3. The Labute approximate surface area is 184 Å². The number of carbonyl (C=O) groups excluding carboxylic acids is 1. The number of phenols is 2. The maximum Gasteiger partial charge on any atom is 0.169 e. The van der Waals surface area contributed by atoms with Crippen molar-refractivity contribution >= 4 is 16.6 Å². The van der Waals surface area contributed by atoms with E-state index in [1.54, 1.807) is 7.11 Å². The number of ketones is 1. The summed E-state index contributed by atoms with van der Waals surface area (Å²) in [5.41, 5.74) is 3.21. The predicted molar refractivity (Wildman–Crippen MR) is 123 cm³/mol. The molecule has 0 saturated heterocycles. The smallest absolute Gasteiger partial charge is 0.169 e. The molecule has 0 spiro atoms. The third-order valence-electron chi connectivity index (χ3n) is 5.76. The van der Waals surface area contributed by atoms with Gasteiger partial charge in [0.15, 0.2) is 5.78 Å². The minimum Gasteiger partial charge on any atom is -0.507 e. The maximum atomic E-state index is 13.0. The van der Waals surface area contributed by atoms with Crippen LogP contribution in [0, 0.1) is 0 Å².